The van der Waals surface area contributed by atoms with E-state index < -0.39 is 17.2 Å². The van der Waals surface area contributed by atoms with Crippen molar-refractivity contribution in [3.05, 3.63) is 0 Å². The van der Waals surface area contributed by atoms with Crippen LogP contribution in [0.4, 0.5) is 4.79 Å². The summed E-state index contributed by atoms with van der Waals surface area (Å²) >= 11 is 0. The van der Waals surface area contributed by atoms with E-state index >= 15 is 0 Å². The molecule has 90 valence electrons. The average molecular weight is 216 g/mol. The minimum absolute atomic E-state index is 0.299. The van der Waals surface area contributed by atoms with Gasteiger partial charge in [-0.15, -0.1) is 0 Å². The van der Waals surface area contributed by atoms with Gasteiger partial charge in [-0.3, -0.25) is 0 Å². The van der Waals surface area contributed by atoms with Crippen molar-refractivity contribution >= 4 is 6.09 Å². The zero-order valence-electron chi connectivity index (χ0n) is 10.7. The van der Waals surface area contributed by atoms with Gasteiger partial charge in [-0.1, -0.05) is 13.8 Å². The smallest absolute Gasteiger partial charge is 0.407 e. The van der Waals surface area contributed by atoms with Crippen molar-refractivity contribution in [1.82, 2.24) is 5.32 Å². The van der Waals surface area contributed by atoms with Crippen LogP contribution in [0.5, 0.6) is 0 Å². The molecule has 0 aliphatic carbocycles. The Morgan fingerprint density at radius 2 is 1.80 bits per heavy atom. The fraction of sp³-hybridized carbons (Fsp3) is 0.909. The average Bonchev–Trinajstić information content (AvgIpc) is 1.97. The van der Waals surface area contributed by atoms with Crippen LogP contribution in [0, 0.1) is 5.92 Å². The Kier molecular flexibility index (Phi) is 4.59. The monoisotopic (exact) mass is 216 g/mol. The fourth-order valence-electron chi connectivity index (χ4n) is 0.781. The molecule has 0 unspecified atom stereocenters. The third-order valence-corrected chi connectivity index (χ3v) is 2.33. The number of nitrogens with one attached hydrogen (secondary N) is 1. The summed E-state index contributed by atoms with van der Waals surface area (Å²) in [7, 11) is 0. The summed E-state index contributed by atoms with van der Waals surface area (Å²) in [5, 5.41) is 2.67. The molecule has 0 bridgehead atoms. The molecule has 0 heterocycles. The quantitative estimate of drug-likeness (QED) is 0.757. The van der Waals surface area contributed by atoms with Crippen LogP contribution in [0.25, 0.3) is 0 Å². The lowest BCUT2D eigenvalue weighted by Crippen LogP contribution is -2.52. The number of nitrogens with two attached hydrogens (primary N) is 1. The number of rotatable bonds is 3. The van der Waals surface area contributed by atoms with Gasteiger partial charge in [0.2, 0.25) is 0 Å². The van der Waals surface area contributed by atoms with Gasteiger partial charge in [0, 0.05) is 12.1 Å². The summed E-state index contributed by atoms with van der Waals surface area (Å²) in [4.78, 5) is 11.3. The third kappa shape index (κ3) is 6.33. The predicted molar refractivity (Wildman–Crippen MR) is 61.7 cm³/mol. The van der Waals surface area contributed by atoms with Crippen LogP contribution in [0.15, 0.2) is 0 Å². The van der Waals surface area contributed by atoms with Gasteiger partial charge in [0.1, 0.15) is 5.60 Å². The van der Waals surface area contributed by atoms with E-state index in [1.807, 2.05) is 41.5 Å². The number of ether oxygens (including phenoxy) is 1. The molecule has 1 amide bonds. The molecule has 3 N–H and O–H groups in total. The summed E-state index contributed by atoms with van der Waals surface area (Å²) in [5.74, 6) is 0.299. The molecule has 0 saturated heterocycles. The molecule has 0 aromatic rings. The van der Waals surface area contributed by atoms with E-state index in [9.17, 15) is 4.79 Å². The lowest BCUT2D eigenvalue weighted by atomic mass is 9.90. The van der Waals surface area contributed by atoms with Gasteiger partial charge in [-0.25, -0.2) is 4.79 Å². The number of alkyl carbamates (subject to hydrolysis) is 1. The second-order valence-electron chi connectivity index (χ2n) is 5.52. The highest BCUT2D eigenvalue weighted by molar-refractivity contribution is 5.67. The van der Waals surface area contributed by atoms with Crippen molar-refractivity contribution in [3.63, 3.8) is 0 Å². The Hall–Kier alpha value is -0.770. The SMILES string of the molecule is CC(C)[C@@](C)(N)CNC(=O)OC(C)(C)C. The maximum atomic E-state index is 11.3. The Bertz CT molecular complexity index is 217. The molecule has 0 saturated carbocycles. The zero-order chi connectivity index (χ0) is 12.3. The van der Waals surface area contributed by atoms with Crippen LogP contribution in [0.1, 0.15) is 41.5 Å². The standard InChI is InChI=1S/C11H24N2O2/c1-8(2)11(6,12)7-13-9(14)15-10(3,4)5/h8H,7,12H2,1-6H3,(H,13,14)/t11-/m0/s1. The number of amides is 1. The van der Waals surface area contributed by atoms with Crippen molar-refractivity contribution in [3.8, 4) is 0 Å². The minimum Gasteiger partial charge on any atom is -0.444 e. The summed E-state index contributed by atoms with van der Waals surface area (Å²) in [6.45, 7) is 11.9. The predicted octanol–water partition coefficient (Wildman–Crippen LogP) is 1.88. The Labute approximate surface area is 92.6 Å². The van der Waals surface area contributed by atoms with Crippen LogP contribution < -0.4 is 11.1 Å². The van der Waals surface area contributed by atoms with Gasteiger partial charge in [-0.2, -0.15) is 0 Å². The normalized spacial score (nSPS) is 16.0. The van der Waals surface area contributed by atoms with E-state index in [2.05, 4.69) is 5.32 Å². The highest BCUT2D eigenvalue weighted by Gasteiger charge is 2.24. The number of carbonyl (C=O) groups excluding carboxylic acids is 1. The molecule has 1 atom stereocenters. The van der Waals surface area contributed by atoms with E-state index in [4.69, 9.17) is 10.5 Å². The molecule has 0 aliphatic heterocycles. The van der Waals surface area contributed by atoms with Crippen LogP contribution >= 0.6 is 0 Å². The molecule has 0 spiro atoms. The molecule has 15 heavy (non-hydrogen) atoms. The summed E-state index contributed by atoms with van der Waals surface area (Å²) < 4.78 is 5.11. The minimum atomic E-state index is -0.465. The van der Waals surface area contributed by atoms with E-state index in [0.29, 0.717) is 12.5 Å². The molecule has 0 aromatic carbocycles. The lowest BCUT2D eigenvalue weighted by Gasteiger charge is -2.30. The van der Waals surface area contributed by atoms with E-state index in [-0.39, 0.29) is 0 Å². The van der Waals surface area contributed by atoms with Gasteiger partial charge in [0.25, 0.3) is 0 Å². The van der Waals surface area contributed by atoms with Crippen LogP contribution in [-0.2, 0) is 4.74 Å². The Morgan fingerprint density at radius 3 is 2.13 bits per heavy atom. The van der Waals surface area contributed by atoms with Crippen molar-refractivity contribution in [2.24, 2.45) is 11.7 Å². The second kappa shape index (κ2) is 4.84. The van der Waals surface area contributed by atoms with E-state index in [1.165, 1.54) is 0 Å². The van der Waals surface area contributed by atoms with Crippen LogP contribution in [0.3, 0.4) is 0 Å². The first-order valence-electron chi connectivity index (χ1n) is 5.30. The van der Waals surface area contributed by atoms with Gasteiger partial charge in [0.05, 0.1) is 0 Å². The first-order chi connectivity index (χ1) is 6.54. The van der Waals surface area contributed by atoms with Crippen LogP contribution in [-0.4, -0.2) is 23.8 Å². The lowest BCUT2D eigenvalue weighted by molar-refractivity contribution is 0.0511. The van der Waals surface area contributed by atoms with Gasteiger partial charge >= 0.3 is 6.09 Å². The molecule has 0 radical (unpaired) electrons. The maximum absolute atomic E-state index is 11.3. The van der Waals surface area contributed by atoms with Crippen LogP contribution in [0.2, 0.25) is 0 Å². The highest BCUT2D eigenvalue weighted by atomic mass is 16.6. The molecule has 0 aromatic heterocycles. The molecular formula is C11H24N2O2. The molecule has 4 nitrogen and oxygen atoms in total. The van der Waals surface area contributed by atoms with Crippen molar-refractivity contribution in [2.75, 3.05) is 6.54 Å². The molecular weight excluding hydrogens is 192 g/mol. The van der Waals surface area contributed by atoms with Gasteiger partial charge < -0.3 is 15.8 Å². The molecule has 0 aliphatic rings. The topological polar surface area (TPSA) is 64.3 Å². The van der Waals surface area contributed by atoms with Crippen molar-refractivity contribution < 1.29 is 9.53 Å². The van der Waals surface area contributed by atoms with Crippen molar-refractivity contribution in [1.29, 1.82) is 0 Å². The fourth-order valence-corrected chi connectivity index (χ4v) is 0.781. The van der Waals surface area contributed by atoms with Crippen molar-refractivity contribution in [2.45, 2.75) is 52.7 Å². The van der Waals surface area contributed by atoms with Gasteiger partial charge in [0.15, 0.2) is 0 Å². The van der Waals surface area contributed by atoms with Gasteiger partial charge in [-0.05, 0) is 33.6 Å². The number of carbonyl (C=O) groups is 1. The zero-order valence-corrected chi connectivity index (χ0v) is 10.7. The number of hydrogen-bond donors (Lipinski definition) is 2. The Balaban J connectivity index is 4.02. The molecule has 4 heteroatoms. The third-order valence-electron chi connectivity index (χ3n) is 2.33. The largest absolute Gasteiger partial charge is 0.444 e. The van der Waals surface area contributed by atoms with E-state index in [1.54, 1.807) is 0 Å². The maximum Gasteiger partial charge on any atom is 0.407 e. The molecule has 0 fully saturated rings. The molecule has 0 rings (SSSR count). The first kappa shape index (κ1) is 14.2. The summed E-state index contributed by atoms with van der Waals surface area (Å²) in [6.07, 6.45) is -0.417. The second-order valence-corrected chi connectivity index (χ2v) is 5.52. The summed E-state index contributed by atoms with van der Waals surface area (Å²) in [6, 6.07) is 0. The number of hydrogen-bond acceptors (Lipinski definition) is 3. The Morgan fingerprint density at radius 1 is 1.33 bits per heavy atom. The highest BCUT2D eigenvalue weighted by Crippen LogP contribution is 2.12. The first-order valence-corrected chi connectivity index (χ1v) is 5.30. The summed E-state index contributed by atoms with van der Waals surface area (Å²) in [5.41, 5.74) is 5.13. The van der Waals surface area contributed by atoms with E-state index in [0.717, 1.165) is 0 Å².